The zero-order valence-corrected chi connectivity index (χ0v) is 15.4. The summed E-state index contributed by atoms with van der Waals surface area (Å²) in [5.74, 6) is 9.08. The molecular weight excluding hydrogens is 304 g/mol. The van der Waals surface area contributed by atoms with Gasteiger partial charge in [0.2, 0.25) is 0 Å². The molecule has 0 unspecified atom stereocenters. The molecule has 0 heterocycles. The maximum atomic E-state index is 5.60. The van der Waals surface area contributed by atoms with Crippen LogP contribution in [0.5, 0.6) is 5.75 Å². The van der Waals surface area contributed by atoms with Gasteiger partial charge < -0.3 is 4.74 Å². The van der Waals surface area contributed by atoms with E-state index in [4.69, 9.17) is 4.74 Å². The Morgan fingerprint density at radius 2 is 1.40 bits per heavy atom. The Kier molecular flexibility index (Phi) is 6.18. The molecule has 0 bridgehead atoms. The zero-order valence-electron chi connectivity index (χ0n) is 15.4. The molecule has 0 amide bonds. The van der Waals surface area contributed by atoms with E-state index in [-0.39, 0.29) is 0 Å². The molecule has 0 atom stereocenters. The molecule has 130 valence electrons. The van der Waals surface area contributed by atoms with Gasteiger partial charge in [0.05, 0.1) is 6.61 Å². The molecule has 3 rings (SSSR count). The fourth-order valence-corrected chi connectivity index (χ4v) is 3.43. The van der Waals surface area contributed by atoms with Crippen LogP contribution in [0.25, 0.3) is 0 Å². The van der Waals surface area contributed by atoms with Gasteiger partial charge in [-0.2, -0.15) is 0 Å². The first-order valence-corrected chi connectivity index (χ1v) is 9.59. The Labute approximate surface area is 152 Å². The zero-order chi connectivity index (χ0) is 17.5. The molecule has 0 radical (unpaired) electrons. The van der Waals surface area contributed by atoms with Gasteiger partial charge in [0, 0.05) is 11.1 Å². The van der Waals surface area contributed by atoms with Crippen molar-refractivity contribution in [1.29, 1.82) is 0 Å². The summed E-state index contributed by atoms with van der Waals surface area (Å²) in [7, 11) is 0. The van der Waals surface area contributed by atoms with Crippen LogP contribution in [0.2, 0.25) is 0 Å². The molecular formula is C24H28O. The van der Waals surface area contributed by atoms with Gasteiger partial charge in [-0.1, -0.05) is 50.7 Å². The van der Waals surface area contributed by atoms with Gasteiger partial charge in [-0.05, 0) is 73.1 Å². The van der Waals surface area contributed by atoms with Crippen molar-refractivity contribution < 1.29 is 4.74 Å². The second kappa shape index (κ2) is 8.77. The van der Waals surface area contributed by atoms with Crippen molar-refractivity contribution in [2.24, 2.45) is 5.92 Å². The summed E-state index contributed by atoms with van der Waals surface area (Å²) >= 11 is 0. The van der Waals surface area contributed by atoms with Gasteiger partial charge in [-0.3, -0.25) is 0 Å². The molecule has 0 aromatic heterocycles. The maximum Gasteiger partial charge on any atom is 0.119 e. The van der Waals surface area contributed by atoms with Gasteiger partial charge in [0.1, 0.15) is 5.75 Å². The molecule has 0 aliphatic heterocycles. The third-order valence-electron chi connectivity index (χ3n) is 5.08. The lowest BCUT2D eigenvalue weighted by atomic mass is 9.79. The molecule has 0 N–H and O–H groups in total. The van der Waals surface area contributed by atoms with Crippen molar-refractivity contribution in [3.8, 4) is 17.6 Å². The number of hydrogen-bond acceptors (Lipinski definition) is 1. The molecule has 1 aliphatic rings. The van der Waals surface area contributed by atoms with Crippen LogP contribution in [-0.4, -0.2) is 6.61 Å². The minimum absolute atomic E-state index is 0.744. The molecule has 1 saturated carbocycles. The average Bonchev–Trinajstić information content (AvgIpc) is 2.67. The summed E-state index contributed by atoms with van der Waals surface area (Å²) in [4.78, 5) is 0. The van der Waals surface area contributed by atoms with Gasteiger partial charge >= 0.3 is 0 Å². The van der Waals surface area contributed by atoms with Crippen LogP contribution in [-0.2, 0) is 0 Å². The van der Waals surface area contributed by atoms with Crippen molar-refractivity contribution in [1.82, 2.24) is 0 Å². The molecule has 1 nitrogen and oxygen atoms in total. The summed E-state index contributed by atoms with van der Waals surface area (Å²) in [5, 5.41) is 0. The summed E-state index contributed by atoms with van der Waals surface area (Å²) in [6.07, 6.45) is 6.42. The van der Waals surface area contributed by atoms with Crippen LogP contribution >= 0.6 is 0 Å². The number of hydrogen-bond donors (Lipinski definition) is 0. The van der Waals surface area contributed by atoms with E-state index in [1.165, 1.54) is 31.2 Å². The summed E-state index contributed by atoms with van der Waals surface area (Å²) < 4.78 is 5.60. The Morgan fingerprint density at radius 3 is 1.96 bits per heavy atom. The van der Waals surface area contributed by atoms with Gasteiger partial charge in [0.15, 0.2) is 0 Å². The van der Waals surface area contributed by atoms with E-state index >= 15 is 0 Å². The van der Waals surface area contributed by atoms with Crippen LogP contribution in [0.15, 0.2) is 48.5 Å². The number of benzene rings is 2. The van der Waals surface area contributed by atoms with E-state index in [9.17, 15) is 0 Å². The Bertz CT molecular complexity index is 707. The van der Waals surface area contributed by atoms with Crippen LogP contribution in [0, 0.1) is 17.8 Å². The lowest BCUT2D eigenvalue weighted by Crippen LogP contribution is -2.10. The highest BCUT2D eigenvalue weighted by Crippen LogP contribution is 2.35. The first-order chi connectivity index (χ1) is 12.2. The van der Waals surface area contributed by atoms with Crippen LogP contribution in [0.1, 0.15) is 68.6 Å². The molecule has 1 fully saturated rings. The van der Waals surface area contributed by atoms with E-state index < -0.39 is 0 Å². The molecule has 2 aromatic rings. The lowest BCUT2D eigenvalue weighted by molar-refractivity contribution is 0.317. The Hall–Kier alpha value is -2.20. The summed E-state index contributed by atoms with van der Waals surface area (Å²) in [6.45, 7) is 5.24. The van der Waals surface area contributed by atoms with Crippen molar-refractivity contribution in [2.45, 2.75) is 51.9 Å². The van der Waals surface area contributed by atoms with Crippen LogP contribution in [0.3, 0.4) is 0 Å². The van der Waals surface area contributed by atoms with Crippen LogP contribution in [0.4, 0.5) is 0 Å². The van der Waals surface area contributed by atoms with Gasteiger partial charge in [-0.15, -0.1) is 0 Å². The third kappa shape index (κ3) is 5.13. The van der Waals surface area contributed by atoms with Gasteiger partial charge in [0.25, 0.3) is 0 Å². The van der Waals surface area contributed by atoms with E-state index in [0.717, 1.165) is 41.7 Å². The molecule has 2 aromatic carbocycles. The minimum Gasteiger partial charge on any atom is -0.494 e. The second-order valence-electron chi connectivity index (χ2n) is 7.20. The third-order valence-corrected chi connectivity index (χ3v) is 5.08. The van der Waals surface area contributed by atoms with Gasteiger partial charge in [-0.25, -0.2) is 0 Å². The molecule has 25 heavy (non-hydrogen) atoms. The summed E-state index contributed by atoms with van der Waals surface area (Å²) in [5.41, 5.74) is 3.59. The highest BCUT2D eigenvalue weighted by Gasteiger charge is 2.19. The van der Waals surface area contributed by atoms with Crippen LogP contribution < -0.4 is 4.74 Å². The van der Waals surface area contributed by atoms with Crippen molar-refractivity contribution in [3.63, 3.8) is 0 Å². The quantitative estimate of drug-likeness (QED) is 0.608. The number of ether oxygens (including phenoxy) is 1. The highest BCUT2D eigenvalue weighted by molar-refractivity contribution is 5.45. The fraction of sp³-hybridized carbons (Fsp3) is 0.417. The molecule has 1 heteroatoms. The topological polar surface area (TPSA) is 9.23 Å². The predicted octanol–water partition coefficient (Wildman–Crippen LogP) is 6.17. The van der Waals surface area contributed by atoms with Crippen molar-refractivity contribution in [2.75, 3.05) is 6.61 Å². The predicted molar refractivity (Wildman–Crippen MR) is 105 cm³/mol. The monoisotopic (exact) mass is 332 g/mol. The van der Waals surface area contributed by atoms with E-state index in [1.54, 1.807) is 0 Å². The van der Waals surface area contributed by atoms with E-state index in [0.29, 0.717) is 0 Å². The smallest absolute Gasteiger partial charge is 0.119 e. The minimum atomic E-state index is 0.744. The van der Waals surface area contributed by atoms with Crippen molar-refractivity contribution in [3.05, 3.63) is 65.2 Å². The summed E-state index contributed by atoms with van der Waals surface area (Å²) in [6, 6.07) is 16.9. The standard InChI is InChI=1S/C24H28O/c1-3-18-25-24-16-10-21(11-17-24)7-6-20-8-14-23(15-9-20)22-12-4-19(2)5-13-22/h8-11,14-17,19,22H,3-5,12-13,18H2,1-2H3. The fourth-order valence-electron chi connectivity index (χ4n) is 3.43. The molecule has 1 aliphatic carbocycles. The normalized spacial score (nSPS) is 19.8. The Balaban J connectivity index is 1.61. The van der Waals surface area contributed by atoms with E-state index in [2.05, 4.69) is 50.0 Å². The highest BCUT2D eigenvalue weighted by atomic mass is 16.5. The first kappa shape index (κ1) is 17.6. The maximum absolute atomic E-state index is 5.60. The number of rotatable bonds is 4. The largest absolute Gasteiger partial charge is 0.494 e. The molecule has 0 spiro atoms. The van der Waals surface area contributed by atoms with Crippen molar-refractivity contribution >= 4 is 0 Å². The second-order valence-corrected chi connectivity index (χ2v) is 7.20. The average molecular weight is 332 g/mol. The SMILES string of the molecule is CCCOc1ccc(C#Cc2ccc(C3CCC(C)CC3)cc2)cc1. The Morgan fingerprint density at radius 1 is 0.840 bits per heavy atom. The first-order valence-electron chi connectivity index (χ1n) is 9.59. The molecule has 0 saturated heterocycles. The van der Waals surface area contributed by atoms with E-state index in [1.807, 2.05) is 24.3 Å². The lowest BCUT2D eigenvalue weighted by Gasteiger charge is -2.26.